The molecule has 0 aliphatic carbocycles. The van der Waals surface area contributed by atoms with Crippen molar-refractivity contribution in [2.24, 2.45) is 7.05 Å². The summed E-state index contributed by atoms with van der Waals surface area (Å²) < 4.78 is 73.0. The number of carbonyl (C=O) groups is 3. The molecule has 26 heteroatoms. The summed E-state index contributed by atoms with van der Waals surface area (Å²) in [6.45, 7) is 0.513. The average Bonchev–Trinajstić information content (AvgIpc) is 4.28. The molecule has 2 fully saturated rings. The molecule has 0 radical (unpaired) electrons. The van der Waals surface area contributed by atoms with E-state index in [9.17, 15) is 43.3 Å². The van der Waals surface area contributed by atoms with E-state index in [-0.39, 0.29) is 30.8 Å². The molecule has 4 aromatic carbocycles. The lowest BCUT2D eigenvalue weighted by atomic mass is 9.80. The maximum atomic E-state index is 14.4. The lowest BCUT2D eigenvalue weighted by Crippen LogP contribution is -2.41. The van der Waals surface area contributed by atoms with Crippen LogP contribution < -0.4 is 36.3 Å². The number of nitrogens with one attached hydrogen (secondary N) is 2. The molecule has 9 rings (SSSR count). The first-order valence-corrected chi connectivity index (χ1v) is 27.7. The second-order valence-electron chi connectivity index (χ2n) is 19.4. The maximum Gasteiger partial charge on any atom is 0.472 e. The molecule has 436 valence electrons. The number of hydrogen-bond donors (Lipinski definition) is 4. The van der Waals surface area contributed by atoms with Crippen molar-refractivity contribution in [3.05, 3.63) is 206 Å². The molecule has 2 aliphatic heterocycles. The standard InChI is InChI=1S/C57H60N7O18P/c1-36-32-64(56(71)60-52(36)68)47-31-43(80-49(66)24-23-48(65)76-30-29-62-28-27-61(2)35-62)44(79-47)34-78-83(72,73)82-51-45(81-54(50(51)67)63-26-25-46(59-55(63)70)58-53(69)37-11-7-5-8-12-37)33-77-57(38-13-9-6-10-14-38,39-15-19-41(74-3)20-16-39)40-17-21-42(75-4)22-18-40/h5-22,25-28,32,35,43-45,47,50-51,54,67H,23-24,29-31,33-34H2,1-4H3,(H2-,58,59,60,68,69,70,71,72,73)/p+1/t43-,44+,45+,47+,50+,51+,54+/m0/s1. The summed E-state index contributed by atoms with van der Waals surface area (Å²) in [6.07, 6.45) is -3.94. The molecular formula is C57H61N7O18P+. The van der Waals surface area contributed by atoms with Gasteiger partial charge in [0, 0.05) is 29.9 Å². The van der Waals surface area contributed by atoms with Crippen molar-refractivity contribution in [1.82, 2.24) is 23.7 Å². The fourth-order valence-corrected chi connectivity index (χ4v) is 10.6. The third-order valence-electron chi connectivity index (χ3n) is 13.9. The zero-order chi connectivity index (χ0) is 58.8. The van der Waals surface area contributed by atoms with Gasteiger partial charge in [0.05, 0.1) is 47.3 Å². The molecular weight excluding hydrogens is 1100 g/mol. The summed E-state index contributed by atoms with van der Waals surface area (Å²) >= 11 is 0. The number of H-pyrrole nitrogens is 1. The molecule has 0 saturated carbocycles. The number of imidazole rings is 1. The molecule has 0 spiro atoms. The third-order valence-corrected chi connectivity index (χ3v) is 14.9. The van der Waals surface area contributed by atoms with Gasteiger partial charge >= 0.3 is 31.1 Å². The minimum Gasteiger partial charge on any atom is -0.497 e. The van der Waals surface area contributed by atoms with Gasteiger partial charge in [0.1, 0.15) is 85.2 Å². The fourth-order valence-electron chi connectivity index (χ4n) is 9.65. The highest BCUT2D eigenvalue weighted by Crippen LogP contribution is 2.50. The molecule has 1 amide bonds. The molecule has 25 nitrogen and oxygen atoms in total. The Morgan fingerprint density at radius 1 is 0.819 bits per heavy atom. The Kier molecular flexibility index (Phi) is 18.7. The Labute approximate surface area is 474 Å². The van der Waals surface area contributed by atoms with Gasteiger partial charge in [-0.1, -0.05) is 72.8 Å². The zero-order valence-electron chi connectivity index (χ0n) is 45.5. The van der Waals surface area contributed by atoms with E-state index in [1.807, 2.05) is 52.7 Å². The zero-order valence-corrected chi connectivity index (χ0v) is 46.4. The SMILES string of the molecule is COc1ccc(C(OC[C@H]2O[C@@H](n3ccc(NC(=O)c4ccccc4)nc3=O)[C@H](O)[C@@H]2OP(=O)(O)OC[C@H]2O[C@@H](n3cc(C)c(=O)[nH]c3=O)C[C@@H]2OC(=O)CCC(=O)OCCn2cc[n+](C)c2)(c2ccccc2)c2ccc(OC)cc2)cc1. The number of rotatable bonds is 24. The van der Waals surface area contributed by atoms with E-state index in [1.165, 1.54) is 39.6 Å². The van der Waals surface area contributed by atoms with Crippen LogP contribution in [0.2, 0.25) is 0 Å². The van der Waals surface area contributed by atoms with E-state index in [4.69, 9.17) is 42.2 Å². The number of ether oxygens (including phenoxy) is 7. The van der Waals surface area contributed by atoms with Crippen LogP contribution >= 0.6 is 7.82 Å². The molecule has 3 aromatic heterocycles. The molecule has 83 heavy (non-hydrogen) atoms. The summed E-state index contributed by atoms with van der Waals surface area (Å²) in [5.41, 5.74) is -1.76. The molecule has 8 atom stereocenters. The summed E-state index contributed by atoms with van der Waals surface area (Å²) in [7, 11) is -0.526. The number of hydrogen-bond acceptors (Lipinski definition) is 18. The Balaban J connectivity index is 0.986. The summed E-state index contributed by atoms with van der Waals surface area (Å²) in [6, 6.07) is 32.8. The van der Waals surface area contributed by atoms with E-state index < -0.39 is 111 Å². The number of anilines is 1. The first-order valence-electron chi connectivity index (χ1n) is 26.2. The number of methoxy groups -OCH3 is 2. The normalized spacial score (nSPS) is 20.3. The van der Waals surface area contributed by atoms with Crippen molar-refractivity contribution in [2.75, 3.05) is 39.4 Å². The van der Waals surface area contributed by atoms with Crippen LogP contribution in [0.5, 0.6) is 11.5 Å². The predicted octanol–water partition coefficient (Wildman–Crippen LogP) is 3.99. The number of aliphatic hydroxyl groups is 1. The average molecular weight is 1160 g/mol. The second-order valence-corrected chi connectivity index (χ2v) is 20.8. The van der Waals surface area contributed by atoms with Crippen molar-refractivity contribution in [3.8, 4) is 11.5 Å². The van der Waals surface area contributed by atoms with Crippen LogP contribution in [0.1, 0.15) is 64.3 Å². The Bertz CT molecular complexity index is 3570. The second kappa shape index (κ2) is 26.2. The number of carbonyl (C=O) groups excluding carboxylic acids is 3. The molecule has 2 aliphatic rings. The molecule has 5 heterocycles. The minimum atomic E-state index is -5.42. The van der Waals surface area contributed by atoms with Gasteiger partial charge in [-0.25, -0.2) is 23.3 Å². The third kappa shape index (κ3) is 14.1. The van der Waals surface area contributed by atoms with Gasteiger partial charge in [0.25, 0.3) is 11.5 Å². The molecule has 1 unspecified atom stereocenters. The minimum absolute atomic E-state index is 0.0380. The number of aromatic nitrogens is 6. The van der Waals surface area contributed by atoms with Crippen LogP contribution in [0.4, 0.5) is 5.82 Å². The highest BCUT2D eigenvalue weighted by Gasteiger charge is 2.51. The summed E-state index contributed by atoms with van der Waals surface area (Å²) in [4.78, 5) is 96.0. The van der Waals surface area contributed by atoms with Crippen LogP contribution in [-0.4, -0.2) is 116 Å². The van der Waals surface area contributed by atoms with Crippen molar-refractivity contribution in [1.29, 1.82) is 0 Å². The number of aliphatic hydroxyl groups excluding tert-OH is 1. The van der Waals surface area contributed by atoms with Gasteiger partial charge in [-0.2, -0.15) is 4.98 Å². The van der Waals surface area contributed by atoms with Gasteiger partial charge in [0.2, 0.25) is 6.33 Å². The number of aryl methyl sites for hydroxylation is 2. The quantitative estimate of drug-likeness (QED) is 0.0288. The predicted molar refractivity (Wildman–Crippen MR) is 292 cm³/mol. The molecule has 7 aromatic rings. The highest BCUT2D eigenvalue weighted by molar-refractivity contribution is 7.47. The number of amides is 1. The number of esters is 2. The van der Waals surface area contributed by atoms with E-state index in [1.54, 1.807) is 91.4 Å². The number of phosphoric acid groups is 1. The van der Waals surface area contributed by atoms with Crippen LogP contribution in [0.25, 0.3) is 0 Å². The van der Waals surface area contributed by atoms with Crippen LogP contribution in [0.3, 0.4) is 0 Å². The van der Waals surface area contributed by atoms with Gasteiger partial charge in [-0.15, -0.1) is 0 Å². The van der Waals surface area contributed by atoms with Crippen molar-refractivity contribution in [2.45, 2.75) is 81.3 Å². The summed E-state index contributed by atoms with van der Waals surface area (Å²) in [5, 5.41) is 14.8. The van der Waals surface area contributed by atoms with Crippen molar-refractivity contribution < 1.29 is 75.7 Å². The van der Waals surface area contributed by atoms with Crippen LogP contribution in [0.15, 0.2) is 161 Å². The molecule has 0 bridgehead atoms. The number of benzene rings is 4. The van der Waals surface area contributed by atoms with Gasteiger partial charge in [0.15, 0.2) is 6.23 Å². The van der Waals surface area contributed by atoms with Crippen LogP contribution in [0, 0.1) is 6.92 Å². The van der Waals surface area contributed by atoms with E-state index >= 15 is 0 Å². The smallest absolute Gasteiger partial charge is 0.472 e. The first-order chi connectivity index (χ1) is 39.9. The van der Waals surface area contributed by atoms with E-state index in [2.05, 4.69) is 15.3 Å². The maximum absolute atomic E-state index is 14.4. The molecule has 2 saturated heterocycles. The Morgan fingerprint density at radius 3 is 2.08 bits per heavy atom. The Morgan fingerprint density at radius 2 is 1.46 bits per heavy atom. The van der Waals surface area contributed by atoms with Gasteiger partial charge in [-0.3, -0.25) is 42.3 Å². The lowest BCUT2D eigenvalue weighted by molar-refractivity contribution is -0.671. The number of phosphoric ester groups is 1. The van der Waals surface area contributed by atoms with Crippen molar-refractivity contribution in [3.63, 3.8) is 0 Å². The van der Waals surface area contributed by atoms with Gasteiger partial charge in [-0.05, 0) is 66.1 Å². The Hall–Kier alpha value is -8.39. The first kappa shape index (κ1) is 59.2. The highest BCUT2D eigenvalue weighted by atomic mass is 31.2. The molecule has 4 N–H and O–H groups in total. The fraction of sp³-hybridized carbons (Fsp3) is 0.333. The van der Waals surface area contributed by atoms with Gasteiger partial charge < -0.3 is 48.5 Å². The topological polar surface area (TPSA) is 302 Å². The monoisotopic (exact) mass is 1160 g/mol. The van der Waals surface area contributed by atoms with Crippen LogP contribution in [-0.2, 0) is 66.1 Å². The lowest BCUT2D eigenvalue weighted by Gasteiger charge is -2.37. The number of aromatic amines is 1. The largest absolute Gasteiger partial charge is 0.497 e. The van der Waals surface area contributed by atoms with Crippen molar-refractivity contribution >= 4 is 31.5 Å². The summed E-state index contributed by atoms with van der Waals surface area (Å²) in [5.74, 6) is -1.14. The van der Waals surface area contributed by atoms with E-state index in [0.717, 1.165) is 9.13 Å². The number of nitrogens with zero attached hydrogens (tertiary/aromatic N) is 5. The van der Waals surface area contributed by atoms with E-state index in [0.29, 0.717) is 40.3 Å².